The Morgan fingerprint density at radius 2 is 1.94 bits per heavy atom. The van der Waals surface area contributed by atoms with Crippen molar-refractivity contribution in [3.05, 3.63) is 60.9 Å². The third-order valence-corrected chi connectivity index (χ3v) is 5.47. The van der Waals surface area contributed by atoms with Gasteiger partial charge in [-0.15, -0.1) is 0 Å². The van der Waals surface area contributed by atoms with Crippen molar-refractivity contribution in [1.29, 1.82) is 0 Å². The molecule has 0 aliphatic rings. The van der Waals surface area contributed by atoms with Gasteiger partial charge in [-0.3, -0.25) is 14.8 Å². The van der Waals surface area contributed by atoms with E-state index in [9.17, 15) is 4.39 Å². The summed E-state index contributed by atoms with van der Waals surface area (Å²) >= 11 is 0. The average molecular weight is 440 g/mol. The van der Waals surface area contributed by atoms with Crippen molar-refractivity contribution in [3.8, 4) is 39.7 Å². The third kappa shape index (κ3) is 3.19. The van der Waals surface area contributed by atoms with Crippen LogP contribution in [0.5, 0.6) is 5.75 Å². The summed E-state index contributed by atoms with van der Waals surface area (Å²) in [7, 11) is 3.36. The second-order valence-electron chi connectivity index (χ2n) is 7.62. The molecule has 0 aliphatic carbocycles. The summed E-state index contributed by atoms with van der Waals surface area (Å²) in [5, 5.41) is 12.4. The molecule has 0 unspecified atom stereocenters. The highest BCUT2D eigenvalue weighted by molar-refractivity contribution is 5.96. The third-order valence-electron chi connectivity index (χ3n) is 5.47. The smallest absolute Gasteiger partial charge is 0.181 e. The Kier molecular flexibility index (Phi) is 4.19. The fourth-order valence-electron chi connectivity index (χ4n) is 3.89. The summed E-state index contributed by atoms with van der Waals surface area (Å²) in [4.78, 5) is 17.0. The zero-order valence-electron chi connectivity index (χ0n) is 17.7. The second-order valence-corrected chi connectivity index (χ2v) is 7.62. The van der Waals surface area contributed by atoms with Crippen LogP contribution in [0.25, 0.3) is 56.0 Å². The highest BCUT2D eigenvalue weighted by Crippen LogP contribution is 2.32. The standard InChI is InChI=1S/C23H17FN8O/c1-32-11-14(10-27-32)13-7-17-20(30-31-22(17)26-9-13)23-28-18-3-4-25-19(21(18)29-23)12-5-15(24)8-16(6-12)33-2/h3-11H,1-2H3,(H,28,29)(H,26,30,31). The molecular formula is C23H17FN8O. The van der Waals surface area contributed by atoms with Crippen molar-refractivity contribution in [2.24, 2.45) is 7.05 Å². The Balaban J connectivity index is 1.50. The molecule has 9 nitrogen and oxygen atoms in total. The number of ether oxygens (including phenoxy) is 1. The Morgan fingerprint density at radius 1 is 1.03 bits per heavy atom. The molecular weight excluding hydrogens is 423 g/mol. The van der Waals surface area contributed by atoms with Gasteiger partial charge in [-0.05, 0) is 24.3 Å². The minimum Gasteiger partial charge on any atom is -0.497 e. The number of benzene rings is 1. The van der Waals surface area contributed by atoms with Crippen molar-refractivity contribution in [1.82, 2.24) is 39.9 Å². The largest absolute Gasteiger partial charge is 0.497 e. The zero-order chi connectivity index (χ0) is 22.5. The van der Waals surface area contributed by atoms with Gasteiger partial charge in [-0.2, -0.15) is 10.2 Å². The summed E-state index contributed by atoms with van der Waals surface area (Å²) in [5.74, 6) is 0.580. The lowest BCUT2D eigenvalue weighted by Crippen LogP contribution is -1.90. The van der Waals surface area contributed by atoms with Crippen molar-refractivity contribution >= 4 is 22.1 Å². The first-order valence-electron chi connectivity index (χ1n) is 10.1. The second kappa shape index (κ2) is 7.23. The normalized spacial score (nSPS) is 11.5. The maximum absolute atomic E-state index is 14.1. The molecule has 6 rings (SSSR count). The Hall–Kier alpha value is -4.60. The Morgan fingerprint density at radius 3 is 2.76 bits per heavy atom. The van der Waals surface area contributed by atoms with Gasteiger partial charge in [0.2, 0.25) is 0 Å². The van der Waals surface area contributed by atoms with Crippen LogP contribution in [0, 0.1) is 5.82 Å². The van der Waals surface area contributed by atoms with Crippen LogP contribution in [-0.2, 0) is 7.05 Å². The minimum atomic E-state index is -0.410. The van der Waals surface area contributed by atoms with Crippen LogP contribution in [0.15, 0.2) is 55.1 Å². The van der Waals surface area contributed by atoms with Crippen molar-refractivity contribution in [2.45, 2.75) is 0 Å². The number of aryl methyl sites for hydroxylation is 1. The number of aromatic nitrogens is 8. The van der Waals surface area contributed by atoms with Gasteiger partial charge < -0.3 is 9.72 Å². The van der Waals surface area contributed by atoms with Crippen LogP contribution in [-0.4, -0.2) is 47.0 Å². The molecule has 0 aliphatic heterocycles. The molecule has 1 aromatic carbocycles. The molecule has 5 aromatic heterocycles. The number of H-pyrrole nitrogens is 2. The molecule has 0 bridgehead atoms. The van der Waals surface area contributed by atoms with Gasteiger partial charge >= 0.3 is 0 Å². The summed E-state index contributed by atoms with van der Waals surface area (Å²) in [5.41, 5.74) is 5.64. The van der Waals surface area contributed by atoms with E-state index in [0.29, 0.717) is 39.7 Å². The monoisotopic (exact) mass is 440 g/mol. The van der Waals surface area contributed by atoms with Crippen LogP contribution < -0.4 is 4.74 Å². The molecule has 162 valence electrons. The molecule has 5 heterocycles. The number of rotatable bonds is 4. The van der Waals surface area contributed by atoms with Crippen LogP contribution >= 0.6 is 0 Å². The van der Waals surface area contributed by atoms with E-state index in [2.05, 4.69) is 30.2 Å². The Labute approximate surface area is 186 Å². The number of pyridine rings is 2. The summed E-state index contributed by atoms with van der Waals surface area (Å²) in [6.45, 7) is 0. The molecule has 10 heteroatoms. The van der Waals surface area contributed by atoms with Crippen LogP contribution in [0.2, 0.25) is 0 Å². The van der Waals surface area contributed by atoms with E-state index in [1.807, 2.05) is 25.4 Å². The van der Waals surface area contributed by atoms with E-state index in [1.165, 1.54) is 19.2 Å². The van der Waals surface area contributed by atoms with E-state index >= 15 is 0 Å². The van der Waals surface area contributed by atoms with Crippen molar-refractivity contribution < 1.29 is 9.13 Å². The molecule has 0 atom stereocenters. The highest BCUT2D eigenvalue weighted by Gasteiger charge is 2.17. The average Bonchev–Trinajstić information content (AvgIpc) is 3.55. The van der Waals surface area contributed by atoms with Gasteiger partial charge in [0, 0.05) is 48.4 Å². The fraction of sp³-hybridized carbons (Fsp3) is 0.0870. The van der Waals surface area contributed by atoms with Crippen LogP contribution in [0.4, 0.5) is 4.39 Å². The molecule has 0 radical (unpaired) electrons. The number of hydrogen-bond acceptors (Lipinski definition) is 6. The van der Waals surface area contributed by atoms with Gasteiger partial charge in [-0.1, -0.05) is 0 Å². The zero-order valence-corrected chi connectivity index (χ0v) is 17.7. The van der Waals surface area contributed by atoms with E-state index in [-0.39, 0.29) is 0 Å². The first-order chi connectivity index (χ1) is 16.1. The molecule has 0 saturated carbocycles. The minimum absolute atomic E-state index is 0.410. The van der Waals surface area contributed by atoms with Gasteiger partial charge in [0.05, 0.1) is 29.9 Å². The first kappa shape index (κ1) is 19.1. The van der Waals surface area contributed by atoms with Gasteiger partial charge in [0.25, 0.3) is 0 Å². The predicted molar refractivity (Wildman–Crippen MR) is 121 cm³/mol. The van der Waals surface area contributed by atoms with E-state index in [4.69, 9.17) is 9.72 Å². The number of imidazole rings is 1. The number of methoxy groups -OCH3 is 1. The topological polar surface area (TPSA) is 110 Å². The number of nitrogens with one attached hydrogen (secondary N) is 2. The molecule has 0 saturated heterocycles. The molecule has 33 heavy (non-hydrogen) atoms. The summed E-state index contributed by atoms with van der Waals surface area (Å²) < 4.78 is 21.1. The lowest BCUT2D eigenvalue weighted by Gasteiger charge is -2.05. The maximum Gasteiger partial charge on any atom is 0.181 e. The molecule has 0 fully saturated rings. The molecule has 0 spiro atoms. The van der Waals surface area contributed by atoms with Crippen molar-refractivity contribution in [2.75, 3.05) is 7.11 Å². The maximum atomic E-state index is 14.1. The predicted octanol–water partition coefficient (Wildman–Crippen LogP) is 4.11. The van der Waals surface area contributed by atoms with E-state index in [0.717, 1.165) is 22.0 Å². The lowest BCUT2D eigenvalue weighted by atomic mass is 10.1. The highest BCUT2D eigenvalue weighted by atomic mass is 19.1. The van der Waals surface area contributed by atoms with Gasteiger partial charge in [0.1, 0.15) is 22.8 Å². The van der Waals surface area contributed by atoms with Gasteiger partial charge in [0.15, 0.2) is 11.5 Å². The fourth-order valence-corrected chi connectivity index (χ4v) is 3.89. The van der Waals surface area contributed by atoms with E-state index < -0.39 is 5.82 Å². The molecule has 0 amide bonds. The summed E-state index contributed by atoms with van der Waals surface area (Å²) in [6.07, 6.45) is 7.14. The SMILES string of the molecule is COc1cc(F)cc(-c2nccc3[nH]c(-c4[nH]nc5ncc(-c6cnn(C)c6)cc45)nc23)c1. The Bertz CT molecular complexity index is 1650. The van der Waals surface area contributed by atoms with Crippen LogP contribution in [0.3, 0.4) is 0 Å². The first-order valence-corrected chi connectivity index (χ1v) is 10.1. The van der Waals surface area contributed by atoms with Gasteiger partial charge in [-0.25, -0.2) is 14.4 Å². The number of aromatic amines is 2. The quantitative estimate of drug-likeness (QED) is 0.427. The van der Waals surface area contributed by atoms with Crippen LogP contribution in [0.1, 0.15) is 0 Å². The van der Waals surface area contributed by atoms with Crippen molar-refractivity contribution in [3.63, 3.8) is 0 Å². The summed E-state index contributed by atoms with van der Waals surface area (Å²) in [6, 6.07) is 8.29. The van der Waals surface area contributed by atoms with E-state index in [1.54, 1.807) is 29.3 Å². The number of halogens is 1. The lowest BCUT2D eigenvalue weighted by molar-refractivity contribution is 0.411. The number of fused-ring (bicyclic) bond motifs is 2. The molecule has 2 N–H and O–H groups in total. The molecule has 6 aromatic rings. The number of nitrogens with zero attached hydrogens (tertiary/aromatic N) is 6. The number of hydrogen-bond donors (Lipinski definition) is 2.